The molecule has 1 aromatic carbocycles. The second-order valence-electron chi connectivity index (χ2n) is 7.19. The SMILES string of the molecule is CCOc1ccc(C(=O)N2CCC[C@]3(CN(C)CC[C@@H]3O)C2)cc1. The Balaban J connectivity index is 1.73. The minimum absolute atomic E-state index is 0.0533. The summed E-state index contributed by atoms with van der Waals surface area (Å²) in [5, 5.41) is 10.6. The number of ether oxygens (including phenoxy) is 1. The van der Waals surface area contributed by atoms with Gasteiger partial charge in [0.2, 0.25) is 0 Å². The maximum absolute atomic E-state index is 12.9. The maximum Gasteiger partial charge on any atom is 0.253 e. The third-order valence-electron chi connectivity index (χ3n) is 5.38. The summed E-state index contributed by atoms with van der Waals surface area (Å²) in [5.74, 6) is 0.839. The lowest BCUT2D eigenvalue weighted by Crippen LogP contribution is -2.59. The number of hydrogen-bond donors (Lipinski definition) is 1. The molecule has 132 valence electrons. The van der Waals surface area contributed by atoms with E-state index in [0.717, 1.165) is 44.6 Å². The van der Waals surface area contributed by atoms with Gasteiger partial charge in [0.25, 0.3) is 5.91 Å². The van der Waals surface area contributed by atoms with Crippen molar-refractivity contribution in [3.8, 4) is 5.75 Å². The molecule has 2 fully saturated rings. The molecule has 24 heavy (non-hydrogen) atoms. The van der Waals surface area contributed by atoms with Crippen molar-refractivity contribution in [2.45, 2.75) is 32.3 Å². The molecule has 3 rings (SSSR count). The number of carbonyl (C=O) groups excluding carboxylic acids is 1. The first kappa shape index (κ1) is 17.2. The van der Waals surface area contributed by atoms with Gasteiger partial charge in [0.15, 0.2) is 0 Å². The number of nitrogens with zero attached hydrogens (tertiary/aromatic N) is 2. The number of piperidine rings is 2. The van der Waals surface area contributed by atoms with Gasteiger partial charge in [0.05, 0.1) is 12.7 Å². The molecule has 0 aromatic heterocycles. The number of likely N-dealkylation sites (tertiary alicyclic amines) is 2. The molecule has 5 heteroatoms. The predicted molar refractivity (Wildman–Crippen MR) is 93.3 cm³/mol. The first-order valence-corrected chi connectivity index (χ1v) is 8.93. The largest absolute Gasteiger partial charge is 0.494 e. The van der Waals surface area contributed by atoms with Crippen LogP contribution in [0.5, 0.6) is 5.75 Å². The van der Waals surface area contributed by atoms with E-state index in [0.29, 0.717) is 18.7 Å². The van der Waals surface area contributed by atoms with Crippen molar-refractivity contribution in [2.75, 3.05) is 39.8 Å². The van der Waals surface area contributed by atoms with Crippen molar-refractivity contribution in [2.24, 2.45) is 5.41 Å². The number of amides is 1. The first-order chi connectivity index (χ1) is 11.5. The van der Waals surface area contributed by atoms with E-state index in [9.17, 15) is 9.90 Å². The molecular weight excluding hydrogens is 304 g/mol. The Morgan fingerprint density at radius 2 is 2.04 bits per heavy atom. The van der Waals surface area contributed by atoms with Crippen LogP contribution in [0, 0.1) is 5.41 Å². The van der Waals surface area contributed by atoms with Crippen LogP contribution in [0.4, 0.5) is 0 Å². The van der Waals surface area contributed by atoms with Crippen LogP contribution < -0.4 is 4.74 Å². The molecule has 2 saturated heterocycles. The normalized spacial score (nSPS) is 28.1. The summed E-state index contributed by atoms with van der Waals surface area (Å²) in [7, 11) is 2.10. The first-order valence-electron chi connectivity index (χ1n) is 8.93. The Labute approximate surface area is 144 Å². The van der Waals surface area contributed by atoms with E-state index in [1.807, 2.05) is 36.1 Å². The van der Waals surface area contributed by atoms with E-state index in [1.54, 1.807) is 0 Å². The van der Waals surface area contributed by atoms with Crippen molar-refractivity contribution in [1.29, 1.82) is 0 Å². The topological polar surface area (TPSA) is 53.0 Å². The van der Waals surface area contributed by atoms with Gasteiger partial charge >= 0.3 is 0 Å². The fourth-order valence-electron chi connectivity index (χ4n) is 4.15. The molecule has 0 saturated carbocycles. The molecule has 1 amide bonds. The van der Waals surface area contributed by atoms with Crippen LogP contribution in [0.3, 0.4) is 0 Å². The molecule has 0 bridgehead atoms. The summed E-state index contributed by atoms with van der Waals surface area (Å²) in [6, 6.07) is 7.36. The van der Waals surface area contributed by atoms with Gasteiger partial charge in [-0.1, -0.05) is 0 Å². The molecule has 1 N–H and O–H groups in total. The number of rotatable bonds is 3. The van der Waals surface area contributed by atoms with Gasteiger partial charge in [-0.15, -0.1) is 0 Å². The lowest BCUT2D eigenvalue weighted by atomic mass is 9.71. The van der Waals surface area contributed by atoms with Crippen molar-refractivity contribution in [1.82, 2.24) is 9.80 Å². The van der Waals surface area contributed by atoms with Crippen molar-refractivity contribution >= 4 is 5.91 Å². The summed E-state index contributed by atoms with van der Waals surface area (Å²) < 4.78 is 5.44. The number of carbonyl (C=O) groups is 1. The van der Waals surface area contributed by atoms with Gasteiger partial charge in [0.1, 0.15) is 5.75 Å². The van der Waals surface area contributed by atoms with E-state index in [2.05, 4.69) is 11.9 Å². The number of aliphatic hydroxyl groups is 1. The lowest BCUT2D eigenvalue weighted by molar-refractivity contribution is -0.0731. The zero-order valence-corrected chi connectivity index (χ0v) is 14.7. The highest BCUT2D eigenvalue weighted by Crippen LogP contribution is 2.38. The fraction of sp³-hybridized carbons (Fsp3) is 0.632. The zero-order valence-electron chi connectivity index (χ0n) is 14.7. The number of benzene rings is 1. The molecular formula is C19H28N2O3. The molecule has 0 radical (unpaired) electrons. The Morgan fingerprint density at radius 1 is 1.29 bits per heavy atom. The monoisotopic (exact) mass is 332 g/mol. The molecule has 1 aromatic rings. The Morgan fingerprint density at radius 3 is 2.75 bits per heavy atom. The van der Waals surface area contributed by atoms with Gasteiger partial charge in [-0.3, -0.25) is 4.79 Å². The fourth-order valence-corrected chi connectivity index (χ4v) is 4.15. The van der Waals surface area contributed by atoms with E-state index in [4.69, 9.17) is 4.74 Å². The third kappa shape index (κ3) is 3.42. The molecule has 2 aliphatic heterocycles. The molecule has 0 unspecified atom stereocenters. The highest BCUT2D eigenvalue weighted by Gasteiger charge is 2.45. The van der Waals surface area contributed by atoms with E-state index >= 15 is 0 Å². The number of hydrogen-bond acceptors (Lipinski definition) is 4. The van der Waals surface area contributed by atoms with Crippen molar-refractivity contribution < 1.29 is 14.6 Å². The van der Waals surface area contributed by atoms with Gasteiger partial charge in [-0.2, -0.15) is 0 Å². The Hall–Kier alpha value is -1.59. The average molecular weight is 332 g/mol. The van der Waals surface area contributed by atoms with Crippen molar-refractivity contribution in [3.63, 3.8) is 0 Å². The predicted octanol–water partition coefficient (Wildman–Crippen LogP) is 2.00. The smallest absolute Gasteiger partial charge is 0.253 e. The zero-order chi connectivity index (χ0) is 17.2. The van der Waals surface area contributed by atoms with Crippen LogP contribution in [-0.4, -0.2) is 66.8 Å². The Kier molecular flexibility index (Phi) is 5.11. The minimum Gasteiger partial charge on any atom is -0.494 e. The van der Waals surface area contributed by atoms with Gasteiger partial charge in [-0.05, 0) is 57.5 Å². The molecule has 2 aliphatic rings. The van der Waals surface area contributed by atoms with Crippen LogP contribution in [0.1, 0.15) is 36.5 Å². The third-order valence-corrected chi connectivity index (χ3v) is 5.38. The standard InChI is InChI=1S/C19H28N2O3/c1-3-24-16-7-5-15(6-8-16)18(23)21-11-4-10-19(14-21)13-20(2)12-9-17(19)22/h5-8,17,22H,3-4,9-14H2,1-2H3/t17-,19-/m0/s1. The second kappa shape index (κ2) is 7.11. The van der Waals surface area contributed by atoms with Crippen LogP contribution in [0.25, 0.3) is 0 Å². The minimum atomic E-state index is -0.315. The van der Waals surface area contributed by atoms with E-state index in [1.165, 1.54) is 0 Å². The van der Waals surface area contributed by atoms with Crippen LogP contribution in [-0.2, 0) is 0 Å². The molecule has 5 nitrogen and oxygen atoms in total. The summed E-state index contributed by atoms with van der Waals surface area (Å²) >= 11 is 0. The van der Waals surface area contributed by atoms with E-state index < -0.39 is 0 Å². The van der Waals surface area contributed by atoms with Gasteiger partial charge < -0.3 is 19.6 Å². The highest BCUT2D eigenvalue weighted by molar-refractivity contribution is 5.94. The maximum atomic E-state index is 12.9. The van der Waals surface area contributed by atoms with Gasteiger partial charge in [-0.25, -0.2) is 0 Å². The molecule has 2 atom stereocenters. The Bertz CT molecular complexity index is 574. The van der Waals surface area contributed by atoms with E-state index in [-0.39, 0.29) is 17.4 Å². The summed E-state index contributed by atoms with van der Waals surface area (Å²) in [4.78, 5) is 17.1. The molecule has 1 spiro atoms. The van der Waals surface area contributed by atoms with Crippen LogP contribution >= 0.6 is 0 Å². The van der Waals surface area contributed by atoms with Crippen LogP contribution in [0.2, 0.25) is 0 Å². The number of aliphatic hydroxyl groups excluding tert-OH is 1. The molecule has 2 heterocycles. The molecule has 0 aliphatic carbocycles. The van der Waals surface area contributed by atoms with Crippen molar-refractivity contribution in [3.05, 3.63) is 29.8 Å². The second-order valence-corrected chi connectivity index (χ2v) is 7.19. The van der Waals surface area contributed by atoms with Gasteiger partial charge in [0, 0.05) is 37.2 Å². The summed E-state index contributed by atoms with van der Waals surface area (Å²) in [6.07, 6.45) is 2.42. The lowest BCUT2D eigenvalue weighted by Gasteiger charge is -2.50. The highest BCUT2D eigenvalue weighted by atomic mass is 16.5. The van der Waals surface area contributed by atoms with Crippen LogP contribution in [0.15, 0.2) is 24.3 Å². The average Bonchev–Trinajstić information content (AvgIpc) is 2.59. The quantitative estimate of drug-likeness (QED) is 0.920. The summed E-state index contributed by atoms with van der Waals surface area (Å²) in [5.41, 5.74) is 0.515. The summed E-state index contributed by atoms with van der Waals surface area (Å²) in [6.45, 7) is 5.76.